The fourth-order valence-corrected chi connectivity index (χ4v) is 3.06. The normalized spacial score (nSPS) is 47.0. The second-order valence-corrected chi connectivity index (χ2v) is 3.91. The van der Waals surface area contributed by atoms with Crippen molar-refractivity contribution >= 4 is 5.97 Å². The van der Waals surface area contributed by atoms with E-state index >= 15 is 0 Å². The zero-order valence-corrected chi connectivity index (χ0v) is 7.69. The van der Waals surface area contributed by atoms with Gasteiger partial charge in [0.2, 0.25) is 0 Å². The molecule has 2 aliphatic carbocycles. The first kappa shape index (κ1) is 8.75. The highest BCUT2D eigenvalue weighted by molar-refractivity contribution is 5.82. The van der Waals surface area contributed by atoms with Crippen LogP contribution in [0.3, 0.4) is 0 Å². The summed E-state index contributed by atoms with van der Waals surface area (Å²) >= 11 is 0. The van der Waals surface area contributed by atoms with Crippen molar-refractivity contribution in [2.75, 3.05) is 7.11 Å². The smallest absolute Gasteiger partial charge is 0.313 e. The molecule has 4 unspecified atom stereocenters. The highest BCUT2D eigenvalue weighted by atomic mass is 16.5. The molecule has 0 aliphatic heterocycles. The average molecular weight is 182 g/mol. The van der Waals surface area contributed by atoms with E-state index in [4.69, 9.17) is 4.74 Å². The van der Waals surface area contributed by atoms with E-state index in [1.807, 2.05) is 0 Å². The standard InChI is InChI=1S/C10H14O3/c1-3-6-7-4-5-8(13-2)10(6,7)9(11)12/h3,6-8H,1,4-5H2,2H3,(H,11,12). The number of ether oxygens (including phenoxy) is 1. The Morgan fingerprint density at radius 2 is 2.38 bits per heavy atom. The van der Waals surface area contributed by atoms with Crippen molar-refractivity contribution < 1.29 is 14.6 Å². The van der Waals surface area contributed by atoms with Crippen LogP contribution in [-0.4, -0.2) is 24.3 Å². The molecule has 1 N–H and O–H groups in total. The number of fused-ring (bicyclic) bond motifs is 1. The Kier molecular flexibility index (Phi) is 1.74. The van der Waals surface area contributed by atoms with Crippen molar-refractivity contribution in [1.82, 2.24) is 0 Å². The van der Waals surface area contributed by atoms with Gasteiger partial charge in [0.15, 0.2) is 0 Å². The highest BCUT2D eigenvalue weighted by Gasteiger charge is 2.75. The molecule has 0 spiro atoms. The van der Waals surface area contributed by atoms with E-state index in [1.54, 1.807) is 13.2 Å². The van der Waals surface area contributed by atoms with Gasteiger partial charge in [0.05, 0.1) is 6.10 Å². The largest absolute Gasteiger partial charge is 0.481 e. The summed E-state index contributed by atoms with van der Waals surface area (Å²) in [7, 11) is 1.59. The fraction of sp³-hybridized carbons (Fsp3) is 0.700. The summed E-state index contributed by atoms with van der Waals surface area (Å²) in [5, 5.41) is 9.19. The van der Waals surface area contributed by atoms with Crippen molar-refractivity contribution in [3.63, 3.8) is 0 Å². The Morgan fingerprint density at radius 3 is 2.77 bits per heavy atom. The molecule has 0 amide bonds. The molecule has 0 bridgehead atoms. The second kappa shape index (κ2) is 2.58. The minimum Gasteiger partial charge on any atom is -0.481 e. The number of carboxylic acids is 1. The van der Waals surface area contributed by atoms with Crippen LogP contribution >= 0.6 is 0 Å². The lowest BCUT2D eigenvalue weighted by molar-refractivity contribution is -0.149. The summed E-state index contributed by atoms with van der Waals surface area (Å²) in [6.45, 7) is 3.68. The Morgan fingerprint density at radius 1 is 1.69 bits per heavy atom. The third-order valence-corrected chi connectivity index (χ3v) is 3.67. The summed E-state index contributed by atoms with van der Waals surface area (Å²) in [6, 6.07) is 0. The molecule has 0 saturated heterocycles. The summed E-state index contributed by atoms with van der Waals surface area (Å²) in [4.78, 5) is 11.2. The van der Waals surface area contributed by atoms with Gasteiger partial charge in [-0.3, -0.25) is 4.79 Å². The highest BCUT2D eigenvalue weighted by Crippen LogP contribution is 2.69. The predicted molar refractivity (Wildman–Crippen MR) is 47.3 cm³/mol. The third-order valence-electron chi connectivity index (χ3n) is 3.67. The van der Waals surface area contributed by atoms with Gasteiger partial charge in [-0.2, -0.15) is 0 Å². The molecule has 2 saturated carbocycles. The molecule has 0 radical (unpaired) electrons. The molecule has 4 atom stereocenters. The first-order valence-corrected chi connectivity index (χ1v) is 4.58. The molecular weight excluding hydrogens is 168 g/mol. The number of allylic oxidation sites excluding steroid dienone is 1. The molecule has 0 heterocycles. The Bertz CT molecular complexity index is 261. The molecular formula is C10H14O3. The number of aliphatic carboxylic acids is 1. The van der Waals surface area contributed by atoms with Crippen LogP contribution in [0.25, 0.3) is 0 Å². The lowest BCUT2D eigenvalue weighted by Gasteiger charge is -2.19. The molecule has 0 aromatic heterocycles. The third kappa shape index (κ3) is 0.804. The van der Waals surface area contributed by atoms with Crippen LogP contribution in [0.4, 0.5) is 0 Å². The zero-order chi connectivity index (χ0) is 9.64. The number of methoxy groups -OCH3 is 1. The number of carbonyl (C=O) groups is 1. The minimum absolute atomic E-state index is 0.113. The Balaban J connectivity index is 2.29. The van der Waals surface area contributed by atoms with Crippen LogP contribution in [0.1, 0.15) is 12.8 Å². The number of carboxylic acid groups (broad SMARTS) is 1. The van der Waals surface area contributed by atoms with Gasteiger partial charge in [-0.15, -0.1) is 6.58 Å². The van der Waals surface area contributed by atoms with Gasteiger partial charge in [-0.1, -0.05) is 6.08 Å². The van der Waals surface area contributed by atoms with Crippen molar-refractivity contribution in [2.45, 2.75) is 18.9 Å². The van der Waals surface area contributed by atoms with E-state index in [2.05, 4.69) is 6.58 Å². The average Bonchev–Trinajstić information content (AvgIpc) is 2.62. The monoisotopic (exact) mass is 182 g/mol. The maximum atomic E-state index is 11.2. The van der Waals surface area contributed by atoms with Gasteiger partial charge in [-0.05, 0) is 24.7 Å². The first-order valence-electron chi connectivity index (χ1n) is 4.58. The van der Waals surface area contributed by atoms with E-state index in [-0.39, 0.29) is 17.9 Å². The number of hydrogen-bond acceptors (Lipinski definition) is 2. The van der Waals surface area contributed by atoms with Crippen molar-refractivity contribution in [3.05, 3.63) is 12.7 Å². The molecule has 0 aromatic rings. The summed E-state index contributed by atoms with van der Waals surface area (Å²) < 4.78 is 5.23. The maximum Gasteiger partial charge on any atom is 0.313 e. The van der Waals surface area contributed by atoms with Gasteiger partial charge in [0.25, 0.3) is 0 Å². The van der Waals surface area contributed by atoms with Crippen LogP contribution in [0.5, 0.6) is 0 Å². The van der Waals surface area contributed by atoms with E-state index in [9.17, 15) is 9.90 Å². The van der Waals surface area contributed by atoms with E-state index in [0.717, 1.165) is 12.8 Å². The molecule has 0 aromatic carbocycles. The minimum atomic E-state index is -0.716. The Labute approximate surface area is 77.4 Å². The SMILES string of the molecule is C=CC1C2CCC(OC)C12C(=O)O. The first-order chi connectivity index (χ1) is 6.19. The molecule has 2 aliphatic rings. The molecule has 3 heteroatoms. The van der Waals surface area contributed by atoms with Gasteiger partial charge in [0, 0.05) is 7.11 Å². The van der Waals surface area contributed by atoms with Gasteiger partial charge in [-0.25, -0.2) is 0 Å². The van der Waals surface area contributed by atoms with Crippen LogP contribution < -0.4 is 0 Å². The predicted octanol–water partition coefficient (Wildman–Crippen LogP) is 1.30. The van der Waals surface area contributed by atoms with Crippen LogP contribution in [0, 0.1) is 17.3 Å². The Hall–Kier alpha value is -0.830. The quantitative estimate of drug-likeness (QED) is 0.669. The van der Waals surface area contributed by atoms with Gasteiger partial charge < -0.3 is 9.84 Å². The summed E-state index contributed by atoms with van der Waals surface area (Å²) in [6.07, 6.45) is 3.49. The van der Waals surface area contributed by atoms with E-state index in [1.165, 1.54) is 0 Å². The number of rotatable bonds is 3. The van der Waals surface area contributed by atoms with Crippen molar-refractivity contribution in [2.24, 2.45) is 17.3 Å². The number of hydrogen-bond donors (Lipinski definition) is 1. The fourth-order valence-electron chi connectivity index (χ4n) is 3.06. The lowest BCUT2D eigenvalue weighted by Crippen LogP contribution is -2.31. The molecule has 13 heavy (non-hydrogen) atoms. The summed E-state index contributed by atoms with van der Waals surface area (Å²) in [5.74, 6) is -0.317. The second-order valence-electron chi connectivity index (χ2n) is 3.91. The lowest BCUT2D eigenvalue weighted by atomic mass is 9.96. The summed E-state index contributed by atoms with van der Waals surface area (Å²) in [5.41, 5.74) is -0.628. The molecule has 2 rings (SSSR count). The molecule has 3 nitrogen and oxygen atoms in total. The maximum absolute atomic E-state index is 11.2. The topological polar surface area (TPSA) is 46.5 Å². The zero-order valence-electron chi connectivity index (χ0n) is 7.69. The van der Waals surface area contributed by atoms with Crippen LogP contribution in [-0.2, 0) is 9.53 Å². The van der Waals surface area contributed by atoms with Crippen molar-refractivity contribution in [1.29, 1.82) is 0 Å². The van der Waals surface area contributed by atoms with Gasteiger partial charge in [0.1, 0.15) is 5.41 Å². The van der Waals surface area contributed by atoms with E-state index < -0.39 is 11.4 Å². The molecule has 72 valence electrons. The van der Waals surface area contributed by atoms with Gasteiger partial charge >= 0.3 is 5.97 Å². The van der Waals surface area contributed by atoms with Crippen molar-refractivity contribution in [3.8, 4) is 0 Å². The van der Waals surface area contributed by atoms with Crippen LogP contribution in [0.2, 0.25) is 0 Å². The molecule has 2 fully saturated rings. The van der Waals surface area contributed by atoms with Crippen LogP contribution in [0.15, 0.2) is 12.7 Å². The van der Waals surface area contributed by atoms with E-state index in [0.29, 0.717) is 0 Å².